The second-order valence-corrected chi connectivity index (χ2v) is 9.31. The number of hydrogen-bond donors (Lipinski definition) is 3. The van der Waals surface area contributed by atoms with Crippen LogP contribution >= 0.6 is 0 Å². The number of carbonyl (C=O) groups excluding carboxylic acids is 1. The number of hydrogen-bond acceptors (Lipinski definition) is 5. The Morgan fingerprint density at radius 2 is 1.68 bits per heavy atom. The van der Waals surface area contributed by atoms with E-state index in [1.807, 2.05) is 30.3 Å². The number of aliphatic hydroxyl groups excluding tert-OH is 1. The van der Waals surface area contributed by atoms with Gasteiger partial charge in [0.25, 0.3) is 5.91 Å². The maximum atomic E-state index is 13.5. The van der Waals surface area contributed by atoms with E-state index >= 15 is 0 Å². The number of carbonyl (C=O) groups is 2. The van der Waals surface area contributed by atoms with Crippen molar-refractivity contribution in [1.82, 2.24) is 15.3 Å². The van der Waals surface area contributed by atoms with Gasteiger partial charge in [-0.25, -0.2) is 14.4 Å². The van der Waals surface area contributed by atoms with Gasteiger partial charge in [-0.2, -0.15) is 0 Å². The summed E-state index contributed by atoms with van der Waals surface area (Å²) in [6.45, 7) is 1.60. The van der Waals surface area contributed by atoms with E-state index in [0.29, 0.717) is 59.2 Å². The van der Waals surface area contributed by atoms with Crippen molar-refractivity contribution in [2.45, 2.75) is 38.6 Å². The van der Waals surface area contributed by atoms with Gasteiger partial charge in [-0.15, -0.1) is 0 Å². The van der Waals surface area contributed by atoms with Gasteiger partial charge in [0.15, 0.2) is 0 Å². The van der Waals surface area contributed by atoms with Gasteiger partial charge in [0, 0.05) is 17.7 Å². The molecule has 7 nitrogen and oxygen atoms in total. The number of amides is 1. The van der Waals surface area contributed by atoms with Gasteiger partial charge in [-0.3, -0.25) is 9.59 Å². The molecule has 8 heteroatoms. The van der Waals surface area contributed by atoms with E-state index in [1.54, 1.807) is 37.3 Å². The van der Waals surface area contributed by atoms with Crippen LogP contribution in [0.25, 0.3) is 22.3 Å². The summed E-state index contributed by atoms with van der Waals surface area (Å²) in [5.41, 5.74) is 4.38. The molecule has 196 valence electrons. The van der Waals surface area contributed by atoms with Crippen molar-refractivity contribution in [2.75, 3.05) is 6.61 Å². The van der Waals surface area contributed by atoms with Gasteiger partial charge in [-0.1, -0.05) is 37.3 Å². The number of halogens is 1. The number of carboxylic acids is 1. The number of rotatable bonds is 11. The van der Waals surface area contributed by atoms with Gasteiger partial charge in [-0.05, 0) is 73.7 Å². The molecular formula is C30H30FN3O4. The topological polar surface area (TPSA) is 112 Å². The molecule has 0 saturated heterocycles. The molecule has 38 heavy (non-hydrogen) atoms. The van der Waals surface area contributed by atoms with Crippen LogP contribution in [0.5, 0.6) is 0 Å². The maximum absolute atomic E-state index is 13.5. The Balaban J connectivity index is 1.64. The fourth-order valence-corrected chi connectivity index (χ4v) is 4.32. The zero-order valence-electron chi connectivity index (χ0n) is 21.1. The average Bonchev–Trinajstić information content (AvgIpc) is 2.93. The Morgan fingerprint density at radius 1 is 0.947 bits per heavy atom. The lowest BCUT2D eigenvalue weighted by atomic mass is 10.0. The Labute approximate surface area is 220 Å². The zero-order chi connectivity index (χ0) is 27.1. The molecule has 4 rings (SSSR count). The van der Waals surface area contributed by atoms with Crippen molar-refractivity contribution < 1.29 is 24.2 Å². The molecule has 2 atom stereocenters. The van der Waals surface area contributed by atoms with Gasteiger partial charge in [0.1, 0.15) is 5.82 Å². The first-order valence-corrected chi connectivity index (χ1v) is 12.6. The van der Waals surface area contributed by atoms with Crippen LogP contribution in [0.2, 0.25) is 0 Å². The molecule has 3 N–H and O–H groups in total. The highest BCUT2D eigenvalue weighted by molar-refractivity contribution is 5.97. The van der Waals surface area contributed by atoms with Crippen LogP contribution in [0.1, 0.15) is 53.8 Å². The lowest BCUT2D eigenvalue weighted by Gasteiger charge is -2.18. The third kappa shape index (κ3) is 6.58. The highest BCUT2D eigenvalue weighted by Gasteiger charge is 2.18. The van der Waals surface area contributed by atoms with E-state index < -0.39 is 11.9 Å². The van der Waals surface area contributed by atoms with Crippen molar-refractivity contribution in [1.29, 1.82) is 0 Å². The van der Waals surface area contributed by atoms with Crippen LogP contribution in [-0.2, 0) is 11.2 Å². The van der Waals surface area contributed by atoms with E-state index in [4.69, 9.17) is 9.97 Å². The van der Waals surface area contributed by atoms with E-state index in [1.165, 1.54) is 12.1 Å². The van der Waals surface area contributed by atoms with Gasteiger partial charge < -0.3 is 15.5 Å². The minimum atomic E-state index is -0.848. The molecule has 0 aliphatic rings. The van der Waals surface area contributed by atoms with Crippen LogP contribution in [-0.4, -0.2) is 38.7 Å². The summed E-state index contributed by atoms with van der Waals surface area (Å²) < 4.78 is 13.5. The monoisotopic (exact) mass is 515 g/mol. The molecule has 0 aliphatic carbocycles. The molecular weight excluding hydrogens is 485 g/mol. The number of nitrogens with one attached hydrogen (secondary N) is 1. The minimum Gasteiger partial charge on any atom is -0.481 e. The fourth-order valence-electron chi connectivity index (χ4n) is 4.32. The smallest absolute Gasteiger partial charge is 0.306 e. The summed E-state index contributed by atoms with van der Waals surface area (Å²) >= 11 is 0. The number of carboxylic acid groups (broad SMARTS) is 1. The first-order chi connectivity index (χ1) is 18.4. The summed E-state index contributed by atoms with van der Waals surface area (Å²) in [5, 5.41) is 21.7. The fraction of sp³-hybridized carbons (Fsp3) is 0.267. The van der Waals surface area contributed by atoms with Crippen molar-refractivity contribution in [3.8, 4) is 11.3 Å². The second kappa shape index (κ2) is 12.4. The average molecular weight is 516 g/mol. The molecule has 0 bridgehead atoms. The molecule has 1 amide bonds. The Hall–Kier alpha value is -4.17. The van der Waals surface area contributed by atoms with Crippen molar-refractivity contribution in [3.05, 3.63) is 95.4 Å². The molecule has 1 aromatic heterocycles. The van der Waals surface area contributed by atoms with Crippen molar-refractivity contribution >= 4 is 22.9 Å². The molecule has 0 saturated carbocycles. The van der Waals surface area contributed by atoms with E-state index in [2.05, 4.69) is 5.32 Å². The van der Waals surface area contributed by atoms with Crippen molar-refractivity contribution in [2.24, 2.45) is 5.92 Å². The lowest BCUT2D eigenvalue weighted by Crippen LogP contribution is -2.29. The number of benzene rings is 3. The minimum absolute atomic E-state index is 0.0704. The Kier molecular flexibility index (Phi) is 8.76. The third-order valence-corrected chi connectivity index (χ3v) is 6.51. The number of fused-ring (bicyclic) bond motifs is 1. The molecule has 0 spiro atoms. The molecule has 4 aromatic rings. The number of aromatic nitrogens is 2. The van der Waals surface area contributed by atoms with Gasteiger partial charge >= 0.3 is 5.97 Å². The van der Waals surface area contributed by atoms with Crippen LogP contribution in [0, 0.1) is 11.7 Å². The Bertz CT molecular complexity index is 1410. The SMILES string of the molecule is CC(CCCc1nc2cc(C(=O)NC(CCO)c3ccccc3)ccc2nc1-c1ccc(F)cc1)C(=O)O. The van der Waals surface area contributed by atoms with Crippen LogP contribution in [0.3, 0.4) is 0 Å². The highest BCUT2D eigenvalue weighted by atomic mass is 19.1. The van der Waals surface area contributed by atoms with Gasteiger partial charge in [0.2, 0.25) is 0 Å². The standard InChI is InChI=1S/C30H30FN3O4/c1-19(30(37)38)6-5-9-26-28(21-10-13-23(31)14-11-21)33-25-15-12-22(18-27(25)32-26)29(36)34-24(16-17-35)20-7-3-2-4-8-20/h2-4,7-8,10-15,18-19,24,35H,5-6,9,16-17H2,1H3,(H,34,36)(H,37,38). The Morgan fingerprint density at radius 3 is 2.37 bits per heavy atom. The van der Waals surface area contributed by atoms with Crippen LogP contribution in [0.4, 0.5) is 4.39 Å². The zero-order valence-corrected chi connectivity index (χ0v) is 21.1. The van der Waals surface area contributed by atoms with Gasteiger partial charge in [0.05, 0.1) is 34.4 Å². The molecule has 3 aromatic carbocycles. The first-order valence-electron chi connectivity index (χ1n) is 12.6. The number of nitrogens with zero attached hydrogens (tertiary/aromatic N) is 2. The summed E-state index contributed by atoms with van der Waals surface area (Å²) in [4.78, 5) is 34.0. The molecule has 0 aliphatic heterocycles. The molecule has 1 heterocycles. The first kappa shape index (κ1) is 26.9. The molecule has 2 unspecified atom stereocenters. The van der Waals surface area contributed by atoms with E-state index in [9.17, 15) is 24.2 Å². The number of aryl methyl sites for hydroxylation is 1. The van der Waals surface area contributed by atoms with E-state index in [-0.39, 0.29) is 24.4 Å². The van der Waals surface area contributed by atoms with E-state index in [0.717, 1.165) is 5.56 Å². The van der Waals surface area contributed by atoms with Crippen LogP contribution < -0.4 is 5.32 Å². The largest absolute Gasteiger partial charge is 0.481 e. The summed E-state index contributed by atoms with van der Waals surface area (Å²) in [6, 6.07) is 20.2. The lowest BCUT2D eigenvalue weighted by molar-refractivity contribution is -0.141. The van der Waals surface area contributed by atoms with Crippen molar-refractivity contribution in [3.63, 3.8) is 0 Å². The molecule has 0 radical (unpaired) electrons. The highest BCUT2D eigenvalue weighted by Crippen LogP contribution is 2.26. The number of aliphatic hydroxyl groups is 1. The predicted molar refractivity (Wildman–Crippen MR) is 143 cm³/mol. The number of aliphatic carboxylic acids is 1. The molecule has 0 fully saturated rings. The maximum Gasteiger partial charge on any atom is 0.306 e. The summed E-state index contributed by atoms with van der Waals surface area (Å²) in [6.07, 6.45) is 1.92. The third-order valence-electron chi connectivity index (χ3n) is 6.51. The normalized spacial score (nSPS) is 12.7. The summed E-state index contributed by atoms with van der Waals surface area (Å²) in [5.74, 6) is -1.98. The summed E-state index contributed by atoms with van der Waals surface area (Å²) in [7, 11) is 0. The van der Waals surface area contributed by atoms with Crippen LogP contribution in [0.15, 0.2) is 72.8 Å². The predicted octanol–water partition coefficient (Wildman–Crippen LogP) is 5.33. The second-order valence-electron chi connectivity index (χ2n) is 9.31. The quantitative estimate of drug-likeness (QED) is 0.249.